The topological polar surface area (TPSA) is 131 Å². The van der Waals surface area contributed by atoms with Crippen LogP contribution in [0, 0.1) is 11.3 Å². The van der Waals surface area contributed by atoms with Crippen molar-refractivity contribution in [2.24, 2.45) is 16.3 Å². The van der Waals surface area contributed by atoms with E-state index in [0.29, 0.717) is 6.42 Å². The van der Waals surface area contributed by atoms with Crippen molar-refractivity contribution >= 4 is 17.8 Å². The fraction of sp³-hybridized carbons (Fsp3) is 0.833. The molecule has 3 atom stereocenters. The van der Waals surface area contributed by atoms with E-state index in [-0.39, 0.29) is 42.1 Å². The van der Waals surface area contributed by atoms with Crippen LogP contribution in [0.3, 0.4) is 0 Å². The molecule has 1 heterocycles. The molecule has 0 bridgehead atoms. The molecule has 0 aliphatic carbocycles. The Balaban J connectivity index is -0.000000436. The third kappa shape index (κ3) is 11.2. The van der Waals surface area contributed by atoms with Gasteiger partial charge in [-0.1, -0.05) is 27.2 Å². The van der Waals surface area contributed by atoms with Crippen LogP contribution in [-0.4, -0.2) is 54.0 Å². The zero-order valence-electron chi connectivity index (χ0n) is 17.9. The van der Waals surface area contributed by atoms with Crippen molar-refractivity contribution in [2.45, 2.75) is 66.9 Å². The summed E-state index contributed by atoms with van der Waals surface area (Å²) in [5, 5.41) is 29.1. The first kappa shape index (κ1) is 31.2. The molecule has 0 aromatic heterocycles. The third-order valence-corrected chi connectivity index (χ3v) is 4.00. The van der Waals surface area contributed by atoms with Gasteiger partial charge in [0.05, 0.1) is 18.7 Å². The second-order valence-electron chi connectivity index (χ2n) is 6.00. The van der Waals surface area contributed by atoms with Gasteiger partial charge in [-0.25, -0.2) is 4.99 Å². The summed E-state index contributed by atoms with van der Waals surface area (Å²) in [5.41, 5.74) is -1.15. The van der Waals surface area contributed by atoms with E-state index in [2.05, 4.69) is 10.3 Å². The molecule has 0 fully saturated rings. The molecule has 154 valence electrons. The van der Waals surface area contributed by atoms with Crippen LogP contribution in [0.25, 0.3) is 0 Å². The van der Waals surface area contributed by atoms with Gasteiger partial charge in [-0.3, -0.25) is 9.59 Å². The minimum absolute atomic E-state index is 0. The van der Waals surface area contributed by atoms with Gasteiger partial charge < -0.3 is 25.4 Å². The number of hydrogen-bond donors (Lipinski definition) is 3. The van der Waals surface area contributed by atoms with E-state index in [1.807, 2.05) is 27.7 Å². The van der Waals surface area contributed by atoms with Gasteiger partial charge in [0.1, 0.15) is 5.41 Å². The van der Waals surface area contributed by atoms with Crippen LogP contribution in [0.15, 0.2) is 4.99 Å². The molecule has 3 N–H and O–H groups in total. The Hall–Kier alpha value is -0.510. The summed E-state index contributed by atoms with van der Waals surface area (Å²) in [6.45, 7) is 12.7. The van der Waals surface area contributed by atoms with Gasteiger partial charge in [0, 0.05) is 13.2 Å². The van der Waals surface area contributed by atoms with E-state index < -0.39 is 29.4 Å². The van der Waals surface area contributed by atoms with Gasteiger partial charge in [-0.15, -0.1) is 0 Å². The van der Waals surface area contributed by atoms with Gasteiger partial charge in [-0.2, -0.15) is 0 Å². The first-order chi connectivity index (χ1) is 12.2. The molecule has 9 heteroatoms. The third-order valence-electron chi connectivity index (χ3n) is 4.00. The van der Waals surface area contributed by atoms with Crippen LogP contribution >= 0.6 is 0 Å². The maximum absolute atomic E-state index is 11.9. The van der Waals surface area contributed by atoms with Crippen molar-refractivity contribution < 1.29 is 59.2 Å². The van der Waals surface area contributed by atoms with E-state index >= 15 is 0 Å². The van der Waals surface area contributed by atoms with Gasteiger partial charge in [0.2, 0.25) is 5.91 Å². The van der Waals surface area contributed by atoms with E-state index in [1.54, 1.807) is 6.92 Å². The molecule has 27 heavy (non-hydrogen) atoms. The summed E-state index contributed by atoms with van der Waals surface area (Å²) in [7, 11) is 0. The number of nitrogens with zero attached hydrogens (tertiary/aromatic N) is 1. The molecule has 1 aliphatic heterocycles. The molecule has 0 radical (unpaired) electrons. The van der Waals surface area contributed by atoms with Gasteiger partial charge >= 0.3 is 29.6 Å². The Bertz CT molecular complexity index is 444. The number of carbonyl (C=O) groups excluding carboxylic acids is 2. The minimum Gasteiger partial charge on any atom is -0.846 e. The number of aliphatic imine (C=N–C) groups is 1. The van der Waals surface area contributed by atoms with Gasteiger partial charge in [0.15, 0.2) is 0 Å². The Kier molecular flexibility index (Phi) is 20.3. The average molecular weight is 398 g/mol. The molecule has 3 unspecified atom stereocenters. The number of amides is 2. The second kappa shape index (κ2) is 17.6. The number of carbonyl (C=O) groups is 2. The van der Waals surface area contributed by atoms with Gasteiger partial charge in [-0.05, 0) is 39.5 Å². The monoisotopic (exact) mass is 398 g/mol. The predicted octanol–water partition coefficient (Wildman–Crippen LogP) is -2.40. The van der Waals surface area contributed by atoms with Crippen molar-refractivity contribution in [3.8, 4) is 0 Å². The van der Waals surface area contributed by atoms with E-state index in [4.69, 9.17) is 14.9 Å². The SMILES string of the molecule is CC(O)CO.CCCC(C)C1(CC)C(=O)N=C([O-])NC1=O.CCOCC.[Na+]. The number of nitrogens with one attached hydrogen (secondary N) is 1. The first-order valence-corrected chi connectivity index (χ1v) is 9.15. The quantitative estimate of drug-likeness (QED) is 0.324. The molecule has 0 aromatic carbocycles. The summed E-state index contributed by atoms with van der Waals surface area (Å²) in [4.78, 5) is 27.1. The Morgan fingerprint density at radius 1 is 1.19 bits per heavy atom. The van der Waals surface area contributed by atoms with Crippen molar-refractivity contribution in [1.82, 2.24) is 5.32 Å². The number of amidine groups is 1. The molecule has 0 saturated heterocycles. The number of hydrogen-bond acceptors (Lipinski definition) is 6. The molecule has 1 aliphatic rings. The molecule has 0 aromatic rings. The zero-order chi connectivity index (χ0) is 20.8. The smallest absolute Gasteiger partial charge is 0.846 e. The largest absolute Gasteiger partial charge is 1.00 e. The summed E-state index contributed by atoms with van der Waals surface area (Å²) in [6.07, 6.45) is 1.46. The van der Waals surface area contributed by atoms with Crippen molar-refractivity contribution in [3.05, 3.63) is 0 Å². The number of rotatable bonds is 7. The maximum atomic E-state index is 11.9. The van der Waals surface area contributed by atoms with Crippen LogP contribution in [0.2, 0.25) is 0 Å². The average Bonchev–Trinajstić information content (AvgIpc) is 2.57. The van der Waals surface area contributed by atoms with Crippen molar-refractivity contribution in [1.29, 1.82) is 0 Å². The fourth-order valence-electron chi connectivity index (χ4n) is 2.50. The normalized spacial score (nSPS) is 20.5. The van der Waals surface area contributed by atoms with Gasteiger partial charge in [0.25, 0.3) is 5.91 Å². The number of aliphatic hydroxyl groups excluding tert-OH is 2. The summed E-state index contributed by atoms with van der Waals surface area (Å²) in [6, 6.07) is -0.845. The van der Waals surface area contributed by atoms with Crippen LogP contribution in [0.1, 0.15) is 60.8 Å². The molecule has 1 rings (SSSR count). The fourth-order valence-corrected chi connectivity index (χ4v) is 2.50. The van der Waals surface area contributed by atoms with Crippen LogP contribution in [0.5, 0.6) is 0 Å². The molecule has 0 saturated carbocycles. The Morgan fingerprint density at radius 3 is 1.93 bits per heavy atom. The van der Waals surface area contributed by atoms with Crippen LogP contribution < -0.4 is 40.0 Å². The van der Waals surface area contributed by atoms with Crippen molar-refractivity contribution in [2.75, 3.05) is 19.8 Å². The van der Waals surface area contributed by atoms with E-state index in [9.17, 15) is 14.7 Å². The minimum atomic E-state index is -1.15. The number of ether oxygens (including phenoxy) is 1. The first-order valence-electron chi connectivity index (χ1n) is 9.15. The van der Waals surface area contributed by atoms with Crippen LogP contribution in [0.4, 0.5) is 0 Å². The summed E-state index contributed by atoms with van der Waals surface area (Å²) in [5.74, 6) is -1.20. The standard InChI is InChI=1S/C11H18N2O3.C4H10O.C3H8O2.Na/c1-4-6-7(3)11(5-2)8(14)12-10(16)13-9(11)15;1-3-5-4-2;1-3(5)2-4;/h7H,4-6H2,1-3H3,(H2,12,13,14,15,16);3-4H2,1-2H3;3-5H,2H2,1H3;/q;;;+1/p-1. The predicted molar refractivity (Wildman–Crippen MR) is 98.3 cm³/mol. The maximum Gasteiger partial charge on any atom is 1.00 e. The molecule has 0 spiro atoms. The van der Waals surface area contributed by atoms with Crippen molar-refractivity contribution in [3.63, 3.8) is 0 Å². The Labute approximate surface area is 185 Å². The second-order valence-corrected chi connectivity index (χ2v) is 6.00. The molecular formula is C18H35N2NaO6. The van der Waals surface area contributed by atoms with E-state index in [0.717, 1.165) is 26.1 Å². The molecule has 8 nitrogen and oxygen atoms in total. The van der Waals surface area contributed by atoms with Crippen LogP contribution in [-0.2, 0) is 14.3 Å². The summed E-state index contributed by atoms with van der Waals surface area (Å²) < 4.78 is 4.83. The van der Waals surface area contributed by atoms with E-state index in [1.165, 1.54) is 6.92 Å². The Morgan fingerprint density at radius 2 is 1.67 bits per heavy atom. The molecule has 2 amide bonds. The number of aliphatic hydroxyl groups is 2. The molecular weight excluding hydrogens is 363 g/mol. The zero-order valence-corrected chi connectivity index (χ0v) is 19.9. The summed E-state index contributed by atoms with van der Waals surface area (Å²) >= 11 is 0.